The summed E-state index contributed by atoms with van der Waals surface area (Å²) in [5.41, 5.74) is 0.446. The van der Waals surface area contributed by atoms with Crippen molar-refractivity contribution < 1.29 is 14.4 Å². The maximum absolute atomic E-state index is 12.2. The van der Waals surface area contributed by atoms with Crippen LogP contribution in [0.4, 0.5) is 0 Å². The molecule has 0 saturated carbocycles. The van der Waals surface area contributed by atoms with E-state index in [-0.39, 0.29) is 36.6 Å². The largest absolute Gasteiger partial charge is 0.334 e. The molecule has 0 unspecified atom stereocenters. The third-order valence-electron chi connectivity index (χ3n) is 3.77. The van der Waals surface area contributed by atoms with Crippen LogP contribution >= 0.6 is 23.2 Å². The molecule has 1 aromatic carbocycles. The van der Waals surface area contributed by atoms with Crippen molar-refractivity contribution in [2.75, 3.05) is 13.1 Å². The smallest absolute Gasteiger partial charge is 0.254 e. The van der Waals surface area contributed by atoms with Gasteiger partial charge in [0.1, 0.15) is 0 Å². The van der Waals surface area contributed by atoms with Crippen molar-refractivity contribution in [2.24, 2.45) is 0 Å². The molecule has 0 spiro atoms. The molecule has 0 N–H and O–H groups in total. The normalized spacial score (nSPS) is 19.1. The zero-order valence-electron chi connectivity index (χ0n) is 11.0. The summed E-state index contributed by atoms with van der Waals surface area (Å²) in [6.07, 6.45) is 0.548. The Morgan fingerprint density at radius 3 is 2.24 bits per heavy atom. The number of benzene rings is 1. The number of amides is 3. The molecular formula is C14H12Cl2N2O3. The maximum atomic E-state index is 12.2. The van der Waals surface area contributed by atoms with Crippen molar-refractivity contribution in [1.29, 1.82) is 0 Å². The number of imide groups is 1. The molecule has 0 aliphatic carbocycles. The van der Waals surface area contributed by atoms with E-state index in [1.165, 1.54) is 11.0 Å². The Bertz CT molecular complexity index is 625. The standard InChI is InChI=1S/C14H12Cl2N2O3/c15-10-2-1-8(5-11(10)16)14(21)17-6-9(7-17)18-12(19)3-4-13(18)20/h1-2,5,9H,3-4,6-7H2. The van der Waals surface area contributed by atoms with Crippen LogP contribution in [-0.2, 0) is 9.59 Å². The number of nitrogens with zero attached hydrogens (tertiary/aromatic N) is 2. The summed E-state index contributed by atoms with van der Waals surface area (Å²) in [7, 11) is 0. The van der Waals surface area contributed by atoms with Gasteiger partial charge in [-0.3, -0.25) is 19.3 Å². The lowest BCUT2D eigenvalue weighted by Crippen LogP contribution is -2.62. The number of carbonyl (C=O) groups is 3. The lowest BCUT2D eigenvalue weighted by atomic mass is 10.1. The van der Waals surface area contributed by atoms with E-state index in [0.717, 1.165) is 0 Å². The average molecular weight is 327 g/mol. The lowest BCUT2D eigenvalue weighted by molar-refractivity contribution is -0.144. The van der Waals surface area contributed by atoms with Gasteiger partial charge in [-0.25, -0.2) is 0 Å². The first kappa shape index (κ1) is 14.4. The van der Waals surface area contributed by atoms with E-state index in [9.17, 15) is 14.4 Å². The highest BCUT2D eigenvalue weighted by atomic mass is 35.5. The molecule has 3 amide bonds. The Morgan fingerprint density at radius 2 is 1.67 bits per heavy atom. The van der Waals surface area contributed by atoms with E-state index in [1.807, 2.05) is 0 Å². The second-order valence-electron chi connectivity index (χ2n) is 5.15. The minimum absolute atomic E-state index is 0.147. The third-order valence-corrected chi connectivity index (χ3v) is 4.51. The molecule has 0 radical (unpaired) electrons. The fraction of sp³-hybridized carbons (Fsp3) is 0.357. The van der Waals surface area contributed by atoms with Crippen molar-refractivity contribution in [3.63, 3.8) is 0 Å². The molecular weight excluding hydrogens is 315 g/mol. The van der Waals surface area contributed by atoms with E-state index in [0.29, 0.717) is 28.7 Å². The van der Waals surface area contributed by atoms with Crippen LogP contribution in [0.5, 0.6) is 0 Å². The molecule has 110 valence electrons. The van der Waals surface area contributed by atoms with Gasteiger partial charge >= 0.3 is 0 Å². The summed E-state index contributed by atoms with van der Waals surface area (Å²) >= 11 is 11.7. The number of hydrogen-bond donors (Lipinski definition) is 0. The Kier molecular flexibility index (Phi) is 3.63. The van der Waals surface area contributed by atoms with Gasteiger partial charge in [0.25, 0.3) is 5.91 Å². The number of hydrogen-bond acceptors (Lipinski definition) is 3. The highest BCUT2D eigenvalue weighted by Gasteiger charge is 2.42. The van der Waals surface area contributed by atoms with Crippen LogP contribution in [0.1, 0.15) is 23.2 Å². The van der Waals surface area contributed by atoms with Crippen LogP contribution < -0.4 is 0 Å². The minimum Gasteiger partial charge on any atom is -0.334 e. The van der Waals surface area contributed by atoms with Gasteiger partial charge in [-0.05, 0) is 18.2 Å². The number of likely N-dealkylation sites (tertiary alicyclic amines) is 2. The number of carbonyl (C=O) groups excluding carboxylic acids is 3. The van der Waals surface area contributed by atoms with Crippen LogP contribution in [0.25, 0.3) is 0 Å². The monoisotopic (exact) mass is 326 g/mol. The first-order valence-corrected chi connectivity index (χ1v) is 7.32. The van der Waals surface area contributed by atoms with Crippen LogP contribution in [0.2, 0.25) is 10.0 Å². The lowest BCUT2D eigenvalue weighted by Gasteiger charge is -2.43. The van der Waals surface area contributed by atoms with E-state index in [2.05, 4.69) is 0 Å². The van der Waals surface area contributed by atoms with Crippen molar-refractivity contribution in [3.8, 4) is 0 Å². The highest BCUT2D eigenvalue weighted by Crippen LogP contribution is 2.26. The average Bonchev–Trinajstić information content (AvgIpc) is 2.72. The molecule has 2 heterocycles. The van der Waals surface area contributed by atoms with Gasteiger partial charge in [0, 0.05) is 31.5 Å². The van der Waals surface area contributed by atoms with Gasteiger partial charge in [0.05, 0.1) is 16.1 Å². The van der Waals surface area contributed by atoms with E-state index >= 15 is 0 Å². The molecule has 2 aliphatic heterocycles. The number of halogens is 2. The van der Waals surface area contributed by atoms with Crippen molar-refractivity contribution in [2.45, 2.75) is 18.9 Å². The fourth-order valence-corrected chi connectivity index (χ4v) is 2.90. The first-order valence-electron chi connectivity index (χ1n) is 6.56. The molecule has 3 rings (SSSR count). The SMILES string of the molecule is O=C(c1ccc(Cl)c(Cl)c1)N1CC(N2C(=O)CCC2=O)C1. The van der Waals surface area contributed by atoms with Gasteiger partial charge in [-0.2, -0.15) is 0 Å². The molecule has 0 aromatic heterocycles. The first-order chi connectivity index (χ1) is 9.97. The topological polar surface area (TPSA) is 57.7 Å². The van der Waals surface area contributed by atoms with Gasteiger partial charge < -0.3 is 4.90 Å². The van der Waals surface area contributed by atoms with Crippen LogP contribution in [0.15, 0.2) is 18.2 Å². The third kappa shape index (κ3) is 2.51. The van der Waals surface area contributed by atoms with E-state index in [4.69, 9.17) is 23.2 Å². The molecule has 5 nitrogen and oxygen atoms in total. The Labute approximate surface area is 131 Å². The van der Waals surface area contributed by atoms with Crippen LogP contribution in [0.3, 0.4) is 0 Å². The van der Waals surface area contributed by atoms with Crippen LogP contribution in [0, 0.1) is 0 Å². The summed E-state index contributed by atoms with van der Waals surface area (Å²) in [5, 5.41) is 0.715. The maximum Gasteiger partial charge on any atom is 0.254 e. The van der Waals surface area contributed by atoms with Gasteiger partial charge in [-0.1, -0.05) is 23.2 Å². The van der Waals surface area contributed by atoms with Crippen molar-refractivity contribution in [3.05, 3.63) is 33.8 Å². The predicted molar refractivity (Wildman–Crippen MR) is 77.2 cm³/mol. The molecule has 0 atom stereocenters. The summed E-state index contributed by atoms with van der Waals surface area (Å²) < 4.78 is 0. The zero-order chi connectivity index (χ0) is 15.1. The van der Waals surface area contributed by atoms with Crippen molar-refractivity contribution in [1.82, 2.24) is 9.80 Å². The van der Waals surface area contributed by atoms with Crippen LogP contribution in [-0.4, -0.2) is 46.7 Å². The highest BCUT2D eigenvalue weighted by molar-refractivity contribution is 6.42. The van der Waals surface area contributed by atoms with E-state index in [1.54, 1.807) is 17.0 Å². The summed E-state index contributed by atoms with van der Waals surface area (Å²) in [6.45, 7) is 0.743. The second kappa shape index (κ2) is 5.31. The summed E-state index contributed by atoms with van der Waals surface area (Å²) in [6, 6.07) is 4.50. The van der Waals surface area contributed by atoms with E-state index < -0.39 is 0 Å². The van der Waals surface area contributed by atoms with Gasteiger partial charge in [0.15, 0.2) is 0 Å². The zero-order valence-corrected chi connectivity index (χ0v) is 12.5. The van der Waals surface area contributed by atoms with Gasteiger partial charge in [-0.15, -0.1) is 0 Å². The Morgan fingerprint density at radius 1 is 1.05 bits per heavy atom. The Hall–Kier alpha value is -1.59. The quantitative estimate of drug-likeness (QED) is 0.781. The number of rotatable bonds is 2. The molecule has 0 bridgehead atoms. The fourth-order valence-electron chi connectivity index (χ4n) is 2.60. The Balaban J connectivity index is 1.65. The predicted octanol–water partition coefficient (Wildman–Crippen LogP) is 1.97. The molecule has 2 saturated heterocycles. The van der Waals surface area contributed by atoms with Gasteiger partial charge in [0.2, 0.25) is 11.8 Å². The molecule has 2 fully saturated rings. The molecule has 21 heavy (non-hydrogen) atoms. The molecule has 2 aliphatic rings. The molecule has 7 heteroatoms. The molecule has 1 aromatic rings. The summed E-state index contributed by atoms with van der Waals surface area (Å²) in [5.74, 6) is -0.470. The summed E-state index contributed by atoms with van der Waals surface area (Å²) in [4.78, 5) is 38.4. The minimum atomic E-state index is -0.195. The second-order valence-corrected chi connectivity index (χ2v) is 5.96. The van der Waals surface area contributed by atoms with Crippen molar-refractivity contribution >= 4 is 40.9 Å².